The van der Waals surface area contributed by atoms with Crippen molar-refractivity contribution in [1.82, 2.24) is 5.32 Å². The Hall–Kier alpha value is -0.560. The summed E-state index contributed by atoms with van der Waals surface area (Å²) in [5, 5.41) is 3.52. The molecule has 1 aliphatic rings. The Morgan fingerprint density at radius 1 is 1.43 bits per heavy atom. The van der Waals surface area contributed by atoms with Gasteiger partial charge in [0.25, 0.3) is 0 Å². The molecule has 0 aromatic rings. The molecule has 1 rings (SSSR count). The zero-order valence-corrected chi connectivity index (χ0v) is 9.55. The van der Waals surface area contributed by atoms with Gasteiger partial charge >= 0.3 is 0 Å². The van der Waals surface area contributed by atoms with Gasteiger partial charge in [0, 0.05) is 6.04 Å². The molecule has 80 valence electrons. The number of allylic oxidation sites excluding steroid dienone is 4. The van der Waals surface area contributed by atoms with E-state index in [1.165, 1.54) is 38.6 Å². The van der Waals surface area contributed by atoms with Crippen molar-refractivity contribution < 1.29 is 0 Å². The van der Waals surface area contributed by atoms with Crippen molar-refractivity contribution in [3.63, 3.8) is 0 Å². The van der Waals surface area contributed by atoms with Crippen LogP contribution in [0.3, 0.4) is 0 Å². The van der Waals surface area contributed by atoms with Crippen LogP contribution in [-0.4, -0.2) is 12.6 Å². The van der Waals surface area contributed by atoms with Gasteiger partial charge in [0.1, 0.15) is 0 Å². The lowest BCUT2D eigenvalue weighted by atomic mass is 10.1. The molecular formula is C13H23N. The zero-order valence-electron chi connectivity index (χ0n) is 9.55. The van der Waals surface area contributed by atoms with E-state index in [0.29, 0.717) is 6.04 Å². The molecule has 1 N–H and O–H groups in total. The Morgan fingerprint density at radius 3 is 2.93 bits per heavy atom. The fraction of sp³-hybridized carbons (Fsp3) is 0.692. The number of unbranched alkanes of at least 4 members (excludes halogenated alkanes) is 1. The highest BCUT2D eigenvalue weighted by Crippen LogP contribution is 2.16. The summed E-state index contributed by atoms with van der Waals surface area (Å²) < 4.78 is 0. The van der Waals surface area contributed by atoms with Crippen LogP contribution in [0.1, 0.15) is 46.0 Å². The maximum atomic E-state index is 3.52. The van der Waals surface area contributed by atoms with Crippen molar-refractivity contribution in [2.24, 2.45) is 0 Å². The van der Waals surface area contributed by atoms with Gasteiger partial charge in [0.05, 0.1) is 0 Å². The van der Waals surface area contributed by atoms with Crippen molar-refractivity contribution >= 4 is 0 Å². The normalized spacial score (nSPS) is 17.1. The fourth-order valence-electron chi connectivity index (χ4n) is 1.65. The van der Waals surface area contributed by atoms with E-state index in [4.69, 9.17) is 0 Å². The predicted molar refractivity (Wildman–Crippen MR) is 63.4 cm³/mol. The van der Waals surface area contributed by atoms with Gasteiger partial charge < -0.3 is 5.32 Å². The molecule has 1 aliphatic carbocycles. The minimum absolute atomic E-state index is 0.683. The topological polar surface area (TPSA) is 12.0 Å². The molecule has 0 amide bonds. The molecule has 1 atom stereocenters. The molecule has 0 saturated carbocycles. The Balaban J connectivity index is 1.89. The van der Waals surface area contributed by atoms with Gasteiger partial charge in [-0.2, -0.15) is 0 Å². The summed E-state index contributed by atoms with van der Waals surface area (Å²) in [5.41, 5.74) is 1.61. The second-order valence-corrected chi connectivity index (χ2v) is 4.18. The molecule has 0 heterocycles. The lowest BCUT2D eigenvalue weighted by Gasteiger charge is -2.10. The number of hydrogen-bond acceptors (Lipinski definition) is 1. The van der Waals surface area contributed by atoms with Gasteiger partial charge in [0.15, 0.2) is 0 Å². The predicted octanol–water partition coefficient (Wildman–Crippen LogP) is 3.43. The van der Waals surface area contributed by atoms with Gasteiger partial charge in [-0.1, -0.05) is 30.7 Å². The monoisotopic (exact) mass is 193 g/mol. The van der Waals surface area contributed by atoms with E-state index in [1.807, 2.05) is 0 Å². The van der Waals surface area contributed by atoms with E-state index in [2.05, 4.69) is 37.4 Å². The second-order valence-electron chi connectivity index (χ2n) is 4.18. The van der Waals surface area contributed by atoms with Crippen molar-refractivity contribution in [1.29, 1.82) is 0 Å². The minimum atomic E-state index is 0.683. The van der Waals surface area contributed by atoms with Crippen LogP contribution in [0.2, 0.25) is 0 Å². The summed E-state index contributed by atoms with van der Waals surface area (Å²) in [6.45, 7) is 5.66. The van der Waals surface area contributed by atoms with Crippen LogP contribution in [0.4, 0.5) is 0 Å². The molecule has 0 aromatic carbocycles. The summed E-state index contributed by atoms with van der Waals surface area (Å²) in [6.07, 6.45) is 13.0. The van der Waals surface area contributed by atoms with Crippen LogP contribution in [-0.2, 0) is 0 Å². The fourth-order valence-corrected chi connectivity index (χ4v) is 1.65. The van der Waals surface area contributed by atoms with Crippen LogP contribution in [0.25, 0.3) is 0 Å². The standard InChI is InChI=1S/C13H23N/c1-3-12(2)14-11-7-6-10-13-8-4-5-9-13/h4-5,8,12,14H,3,6-7,9-11H2,1-2H3. The van der Waals surface area contributed by atoms with Crippen molar-refractivity contribution in [3.8, 4) is 0 Å². The molecular weight excluding hydrogens is 170 g/mol. The molecule has 1 unspecified atom stereocenters. The van der Waals surface area contributed by atoms with E-state index in [1.54, 1.807) is 5.57 Å². The van der Waals surface area contributed by atoms with Crippen molar-refractivity contribution in [3.05, 3.63) is 23.8 Å². The molecule has 0 saturated heterocycles. The van der Waals surface area contributed by atoms with Gasteiger partial charge in [-0.3, -0.25) is 0 Å². The average Bonchev–Trinajstić information content (AvgIpc) is 2.69. The average molecular weight is 193 g/mol. The van der Waals surface area contributed by atoms with Crippen molar-refractivity contribution in [2.45, 2.75) is 52.0 Å². The summed E-state index contributed by atoms with van der Waals surface area (Å²) in [7, 11) is 0. The number of rotatable bonds is 7. The van der Waals surface area contributed by atoms with Crippen LogP contribution < -0.4 is 5.32 Å². The first-order chi connectivity index (χ1) is 6.83. The maximum Gasteiger partial charge on any atom is 0.00360 e. The highest BCUT2D eigenvalue weighted by atomic mass is 14.9. The van der Waals surface area contributed by atoms with E-state index in [9.17, 15) is 0 Å². The van der Waals surface area contributed by atoms with Crippen molar-refractivity contribution in [2.75, 3.05) is 6.54 Å². The third-order valence-electron chi connectivity index (χ3n) is 2.88. The van der Waals surface area contributed by atoms with Crippen LogP contribution in [0, 0.1) is 0 Å². The first-order valence-corrected chi connectivity index (χ1v) is 5.91. The number of hydrogen-bond donors (Lipinski definition) is 1. The second kappa shape index (κ2) is 6.83. The van der Waals surface area contributed by atoms with Crippen LogP contribution in [0.5, 0.6) is 0 Å². The highest BCUT2D eigenvalue weighted by molar-refractivity contribution is 5.22. The summed E-state index contributed by atoms with van der Waals surface area (Å²) >= 11 is 0. The third kappa shape index (κ3) is 4.61. The first kappa shape index (κ1) is 11.5. The Labute approximate surface area is 88.3 Å². The Bertz CT molecular complexity index is 203. The van der Waals surface area contributed by atoms with Crippen LogP contribution >= 0.6 is 0 Å². The summed E-state index contributed by atoms with van der Waals surface area (Å²) in [4.78, 5) is 0. The summed E-state index contributed by atoms with van der Waals surface area (Å²) in [5.74, 6) is 0. The Morgan fingerprint density at radius 2 is 2.29 bits per heavy atom. The van der Waals surface area contributed by atoms with E-state index in [-0.39, 0.29) is 0 Å². The van der Waals surface area contributed by atoms with Gasteiger partial charge in [-0.25, -0.2) is 0 Å². The smallest absolute Gasteiger partial charge is 0.00360 e. The highest BCUT2D eigenvalue weighted by Gasteiger charge is 1.99. The largest absolute Gasteiger partial charge is 0.314 e. The van der Waals surface area contributed by atoms with E-state index >= 15 is 0 Å². The SMILES string of the molecule is CCC(C)NCCCCC1=CC=CC1. The van der Waals surface area contributed by atoms with Gasteiger partial charge in [0.2, 0.25) is 0 Å². The molecule has 0 radical (unpaired) electrons. The lowest BCUT2D eigenvalue weighted by molar-refractivity contribution is 0.515. The third-order valence-corrected chi connectivity index (χ3v) is 2.88. The van der Waals surface area contributed by atoms with Gasteiger partial charge in [-0.15, -0.1) is 0 Å². The molecule has 0 aliphatic heterocycles. The molecule has 14 heavy (non-hydrogen) atoms. The van der Waals surface area contributed by atoms with Gasteiger partial charge in [-0.05, 0) is 45.6 Å². The zero-order chi connectivity index (χ0) is 10.2. The van der Waals surface area contributed by atoms with E-state index in [0.717, 1.165) is 0 Å². The van der Waals surface area contributed by atoms with E-state index < -0.39 is 0 Å². The van der Waals surface area contributed by atoms with Crippen LogP contribution in [0.15, 0.2) is 23.8 Å². The number of nitrogens with one attached hydrogen (secondary N) is 1. The summed E-state index contributed by atoms with van der Waals surface area (Å²) in [6, 6.07) is 0.683. The molecule has 0 bridgehead atoms. The molecule has 0 fully saturated rings. The first-order valence-electron chi connectivity index (χ1n) is 5.91. The Kier molecular flexibility index (Phi) is 5.62. The molecule has 0 aromatic heterocycles. The molecule has 1 nitrogen and oxygen atoms in total. The lowest BCUT2D eigenvalue weighted by Crippen LogP contribution is -2.25. The molecule has 0 spiro atoms. The minimum Gasteiger partial charge on any atom is -0.314 e. The quantitative estimate of drug-likeness (QED) is 0.611. The molecule has 1 heteroatoms. The maximum absolute atomic E-state index is 3.52.